The topological polar surface area (TPSA) is 26.3 Å². The summed E-state index contributed by atoms with van der Waals surface area (Å²) < 4.78 is 5.55. The second-order valence-electron chi connectivity index (χ2n) is 4.34. The number of carbonyl (C=O) groups excluding carboxylic acids is 1. The maximum absolute atomic E-state index is 12.1. The first-order chi connectivity index (χ1) is 7.81. The van der Waals surface area contributed by atoms with E-state index < -0.39 is 0 Å². The maximum Gasteiger partial charge on any atom is 0.166 e. The molecule has 0 amide bonds. The first-order valence-corrected chi connectivity index (χ1v) is 5.99. The molecule has 1 aromatic rings. The number of benzene rings is 1. The summed E-state index contributed by atoms with van der Waals surface area (Å²) in [4.78, 5) is 12.1. The zero-order valence-electron chi connectivity index (χ0n) is 9.69. The third-order valence-electron chi connectivity index (χ3n) is 2.93. The summed E-state index contributed by atoms with van der Waals surface area (Å²) in [6.45, 7) is 2.58. The number of rotatable bonds is 6. The molecular formula is C14H18O2. The lowest BCUT2D eigenvalue weighted by Gasteiger charge is -2.14. The molecular weight excluding hydrogens is 200 g/mol. The largest absolute Gasteiger partial charge is 0.370 e. The minimum Gasteiger partial charge on any atom is -0.370 e. The number of Topliss-reactive ketones (excluding diaryl/α,β-unsaturated/α-hetero) is 1. The highest BCUT2D eigenvalue weighted by Crippen LogP contribution is 2.35. The van der Waals surface area contributed by atoms with Gasteiger partial charge in [0.1, 0.15) is 6.10 Å². The van der Waals surface area contributed by atoms with Gasteiger partial charge in [-0.05, 0) is 31.2 Å². The van der Waals surface area contributed by atoms with Crippen LogP contribution in [0.5, 0.6) is 0 Å². The Balaban J connectivity index is 1.95. The van der Waals surface area contributed by atoms with Crippen LogP contribution in [0, 0.1) is 5.92 Å². The Morgan fingerprint density at radius 3 is 2.62 bits per heavy atom. The number of hydrogen-bond acceptors (Lipinski definition) is 2. The lowest BCUT2D eigenvalue weighted by Crippen LogP contribution is -2.28. The molecule has 0 radical (unpaired) electrons. The summed E-state index contributed by atoms with van der Waals surface area (Å²) in [5, 5.41) is 0. The van der Waals surface area contributed by atoms with E-state index in [1.807, 2.05) is 37.3 Å². The molecule has 1 saturated carbocycles. The minimum absolute atomic E-state index is 0.162. The van der Waals surface area contributed by atoms with Crippen LogP contribution >= 0.6 is 0 Å². The van der Waals surface area contributed by atoms with Crippen molar-refractivity contribution in [1.29, 1.82) is 0 Å². The van der Waals surface area contributed by atoms with E-state index in [9.17, 15) is 4.79 Å². The molecule has 1 fully saturated rings. The average Bonchev–Trinajstić information content (AvgIpc) is 3.11. The fraction of sp³-hybridized carbons (Fsp3) is 0.500. The van der Waals surface area contributed by atoms with Crippen molar-refractivity contribution in [2.24, 2.45) is 5.92 Å². The van der Waals surface area contributed by atoms with Gasteiger partial charge in [0.15, 0.2) is 5.78 Å². The van der Waals surface area contributed by atoms with Gasteiger partial charge in [0, 0.05) is 13.0 Å². The second kappa shape index (κ2) is 5.26. The van der Waals surface area contributed by atoms with Gasteiger partial charge in [0.25, 0.3) is 0 Å². The predicted octanol–water partition coefficient (Wildman–Crippen LogP) is 2.61. The van der Waals surface area contributed by atoms with Crippen LogP contribution in [-0.2, 0) is 16.0 Å². The molecule has 0 spiro atoms. The molecule has 86 valence electrons. The fourth-order valence-corrected chi connectivity index (χ4v) is 1.97. The van der Waals surface area contributed by atoms with Gasteiger partial charge >= 0.3 is 0 Å². The van der Waals surface area contributed by atoms with Crippen molar-refractivity contribution >= 4 is 5.78 Å². The monoisotopic (exact) mass is 218 g/mol. The van der Waals surface area contributed by atoms with E-state index in [4.69, 9.17) is 4.74 Å². The highest BCUT2D eigenvalue weighted by atomic mass is 16.5. The summed E-state index contributed by atoms with van der Waals surface area (Å²) >= 11 is 0. The highest BCUT2D eigenvalue weighted by molar-refractivity contribution is 5.85. The summed E-state index contributed by atoms with van der Waals surface area (Å²) in [7, 11) is 0. The van der Waals surface area contributed by atoms with E-state index in [1.54, 1.807) is 0 Å². The van der Waals surface area contributed by atoms with Gasteiger partial charge in [0.2, 0.25) is 0 Å². The van der Waals surface area contributed by atoms with E-state index in [1.165, 1.54) is 0 Å². The van der Waals surface area contributed by atoms with Crippen molar-refractivity contribution in [1.82, 2.24) is 0 Å². The van der Waals surface area contributed by atoms with Gasteiger partial charge in [-0.3, -0.25) is 4.79 Å². The van der Waals surface area contributed by atoms with Crippen LogP contribution in [0.4, 0.5) is 0 Å². The van der Waals surface area contributed by atoms with Gasteiger partial charge in [-0.1, -0.05) is 30.3 Å². The van der Waals surface area contributed by atoms with E-state index in [0.29, 0.717) is 18.9 Å². The molecule has 16 heavy (non-hydrogen) atoms. The molecule has 1 aromatic carbocycles. The number of hydrogen-bond donors (Lipinski definition) is 0. The molecule has 2 heteroatoms. The fourth-order valence-electron chi connectivity index (χ4n) is 1.97. The molecule has 0 N–H and O–H groups in total. The van der Waals surface area contributed by atoms with Crippen LogP contribution in [0.15, 0.2) is 30.3 Å². The van der Waals surface area contributed by atoms with Crippen LogP contribution in [0.1, 0.15) is 25.3 Å². The Labute approximate surface area is 96.6 Å². The molecule has 0 saturated heterocycles. The Morgan fingerprint density at radius 2 is 2.06 bits per heavy atom. The van der Waals surface area contributed by atoms with Crippen LogP contribution in [0.25, 0.3) is 0 Å². The quantitative estimate of drug-likeness (QED) is 0.733. The highest BCUT2D eigenvalue weighted by Gasteiger charge is 2.36. The zero-order chi connectivity index (χ0) is 11.4. The summed E-state index contributed by atoms with van der Waals surface area (Å²) in [5.41, 5.74) is 1.08. The summed E-state index contributed by atoms with van der Waals surface area (Å²) in [6.07, 6.45) is 2.63. The molecule has 2 nitrogen and oxygen atoms in total. The maximum atomic E-state index is 12.1. The first-order valence-electron chi connectivity index (χ1n) is 5.99. The molecule has 1 aliphatic carbocycles. The van der Waals surface area contributed by atoms with Gasteiger partial charge < -0.3 is 4.74 Å². The van der Waals surface area contributed by atoms with Gasteiger partial charge in [-0.25, -0.2) is 0 Å². The van der Waals surface area contributed by atoms with Gasteiger partial charge in [-0.2, -0.15) is 0 Å². The van der Waals surface area contributed by atoms with Crippen LogP contribution < -0.4 is 0 Å². The van der Waals surface area contributed by atoms with Crippen molar-refractivity contribution in [3.8, 4) is 0 Å². The number of ether oxygens (including phenoxy) is 1. The standard InChI is InChI=1S/C14H18O2/c1-2-16-14(12-8-9-12)13(15)10-11-6-4-3-5-7-11/h3-7,12,14H,2,8-10H2,1H3. The minimum atomic E-state index is -0.162. The molecule has 1 atom stereocenters. The normalized spacial score (nSPS) is 17.1. The number of ketones is 1. The second-order valence-corrected chi connectivity index (χ2v) is 4.34. The molecule has 1 unspecified atom stereocenters. The lowest BCUT2D eigenvalue weighted by molar-refractivity contribution is -0.130. The molecule has 0 aromatic heterocycles. The van der Waals surface area contributed by atoms with Crippen molar-refractivity contribution < 1.29 is 9.53 Å². The Morgan fingerprint density at radius 1 is 1.38 bits per heavy atom. The molecule has 0 heterocycles. The average molecular weight is 218 g/mol. The molecule has 1 aliphatic rings. The number of carbonyl (C=O) groups is 1. The molecule has 2 rings (SSSR count). The van der Waals surface area contributed by atoms with Gasteiger partial charge in [-0.15, -0.1) is 0 Å². The Bertz CT molecular complexity index is 341. The third kappa shape index (κ3) is 2.92. The van der Waals surface area contributed by atoms with E-state index >= 15 is 0 Å². The van der Waals surface area contributed by atoms with Gasteiger partial charge in [0.05, 0.1) is 0 Å². The van der Waals surface area contributed by atoms with Crippen molar-refractivity contribution in [3.63, 3.8) is 0 Å². The van der Waals surface area contributed by atoms with E-state index in [2.05, 4.69) is 0 Å². The Hall–Kier alpha value is -1.15. The third-order valence-corrected chi connectivity index (χ3v) is 2.93. The molecule has 0 aliphatic heterocycles. The first kappa shape index (κ1) is 11.3. The molecule has 0 bridgehead atoms. The summed E-state index contributed by atoms with van der Waals surface area (Å²) in [6, 6.07) is 9.89. The predicted molar refractivity (Wildman–Crippen MR) is 63.3 cm³/mol. The SMILES string of the molecule is CCOC(C(=O)Cc1ccccc1)C1CC1. The van der Waals surface area contributed by atoms with E-state index in [0.717, 1.165) is 18.4 Å². The van der Waals surface area contributed by atoms with Crippen molar-refractivity contribution in [3.05, 3.63) is 35.9 Å². The van der Waals surface area contributed by atoms with E-state index in [-0.39, 0.29) is 11.9 Å². The van der Waals surface area contributed by atoms with Crippen LogP contribution in [0.2, 0.25) is 0 Å². The zero-order valence-corrected chi connectivity index (χ0v) is 9.69. The van der Waals surface area contributed by atoms with Crippen molar-refractivity contribution in [2.45, 2.75) is 32.3 Å². The van der Waals surface area contributed by atoms with Crippen molar-refractivity contribution in [2.75, 3.05) is 6.61 Å². The van der Waals surface area contributed by atoms with Crippen LogP contribution in [0.3, 0.4) is 0 Å². The Kier molecular flexibility index (Phi) is 3.73. The smallest absolute Gasteiger partial charge is 0.166 e. The van der Waals surface area contributed by atoms with Crippen LogP contribution in [-0.4, -0.2) is 18.5 Å². The summed E-state index contributed by atoms with van der Waals surface area (Å²) in [5.74, 6) is 0.715. The lowest BCUT2D eigenvalue weighted by atomic mass is 10.0.